The minimum atomic E-state index is -2.80. The van der Waals surface area contributed by atoms with Gasteiger partial charge in [0.2, 0.25) is 0 Å². The van der Waals surface area contributed by atoms with Gasteiger partial charge >= 0.3 is 18.1 Å². The molecule has 0 radical (unpaired) electrons. The molecule has 0 amide bonds. The SMILES string of the molecule is CC(C)(C)O[Si](CCCN)(OC(C)(C)C)OC(C)(C)C.CO[SiH](CCCCS)OC. The standard InChI is InChI=1S/C15H35NO3Si.C6H16O2SSi/c1-13(2,3)17-20(12-10-11-16,18-14(4,5)6)19-15(7,8)9;1-7-10(8-2)6-4-3-5-9/h10-12,16H2,1-9H3;9-10H,3-6H2,1-2H3. The van der Waals surface area contributed by atoms with Gasteiger partial charge in [-0.1, -0.05) is 6.42 Å². The lowest BCUT2D eigenvalue weighted by Crippen LogP contribution is -2.57. The molecule has 6 nitrogen and oxygen atoms in total. The van der Waals surface area contributed by atoms with Crippen LogP contribution in [0.2, 0.25) is 12.1 Å². The summed E-state index contributed by atoms with van der Waals surface area (Å²) in [5.74, 6) is 0.967. The van der Waals surface area contributed by atoms with E-state index in [2.05, 4.69) is 12.6 Å². The summed E-state index contributed by atoms with van der Waals surface area (Å²) in [5, 5.41) is 0. The third kappa shape index (κ3) is 20.4. The molecule has 2 N–H and O–H groups in total. The van der Waals surface area contributed by atoms with Crippen molar-refractivity contribution in [1.29, 1.82) is 0 Å². The van der Waals surface area contributed by atoms with Gasteiger partial charge in [0, 0.05) is 20.3 Å². The Labute approximate surface area is 195 Å². The van der Waals surface area contributed by atoms with Crippen LogP contribution in [0.4, 0.5) is 0 Å². The van der Waals surface area contributed by atoms with Gasteiger partial charge in [-0.3, -0.25) is 0 Å². The number of thiol groups is 1. The Balaban J connectivity index is 0. The molecule has 0 spiro atoms. The molecule has 0 aliphatic heterocycles. The van der Waals surface area contributed by atoms with Crippen molar-refractivity contribution in [3.63, 3.8) is 0 Å². The maximum Gasteiger partial charge on any atom is 0.502 e. The second kappa shape index (κ2) is 15.4. The number of nitrogens with two attached hydrogens (primary N) is 1. The minimum Gasteiger partial charge on any atom is -0.400 e. The molecule has 30 heavy (non-hydrogen) atoms. The third-order valence-corrected chi connectivity index (χ3v) is 9.43. The second-order valence-electron chi connectivity index (χ2n) is 10.3. The zero-order chi connectivity index (χ0) is 24.1. The van der Waals surface area contributed by atoms with E-state index in [1.165, 1.54) is 12.8 Å². The molecule has 0 aromatic heterocycles. The van der Waals surface area contributed by atoms with Gasteiger partial charge in [-0.2, -0.15) is 12.6 Å². The average molecular weight is 486 g/mol. The van der Waals surface area contributed by atoms with E-state index in [0.29, 0.717) is 6.54 Å². The summed E-state index contributed by atoms with van der Waals surface area (Å²) in [4.78, 5) is 0. The zero-order valence-corrected chi connectivity index (χ0v) is 24.6. The number of rotatable bonds is 12. The molecule has 0 heterocycles. The highest BCUT2D eigenvalue weighted by atomic mass is 32.1. The molecule has 0 bridgehead atoms. The monoisotopic (exact) mass is 485 g/mol. The maximum atomic E-state index is 6.32. The summed E-state index contributed by atoms with van der Waals surface area (Å²) in [6.45, 7) is 18.9. The Morgan fingerprint density at radius 1 is 0.733 bits per heavy atom. The van der Waals surface area contributed by atoms with E-state index in [4.69, 9.17) is 27.9 Å². The lowest BCUT2D eigenvalue weighted by molar-refractivity contribution is -0.0753. The first-order valence-corrected chi connectivity index (χ1v) is 15.3. The van der Waals surface area contributed by atoms with Crippen molar-refractivity contribution < 1.29 is 22.1 Å². The van der Waals surface area contributed by atoms with Gasteiger partial charge in [0.15, 0.2) is 0 Å². The van der Waals surface area contributed by atoms with Crippen molar-refractivity contribution in [1.82, 2.24) is 0 Å². The maximum absolute atomic E-state index is 6.32. The van der Waals surface area contributed by atoms with Crippen LogP contribution in [0, 0.1) is 0 Å². The predicted octanol–water partition coefficient (Wildman–Crippen LogP) is 4.93. The van der Waals surface area contributed by atoms with Gasteiger partial charge in [0.05, 0.1) is 16.8 Å². The van der Waals surface area contributed by atoms with Gasteiger partial charge < -0.3 is 27.9 Å². The topological polar surface area (TPSA) is 72.2 Å². The summed E-state index contributed by atoms with van der Waals surface area (Å²) in [7, 11) is -0.614. The molecule has 0 aromatic carbocycles. The van der Waals surface area contributed by atoms with Crippen LogP contribution in [0.15, 0.2) is 0 Å². The van der Waals surface area contributed by atoms with Crippen molar-refractivity contribution in [3.05, 3.63) is 0 Å². The van der Waals surface area contributed by atoms with Crippen LogP contribution in [0.1, 0.15) is 81.6 Å². The summed E-state index contributed by atoms with van der Waals surface area (Å²) in [6.07, 6.45) is 3.19. The second-order valence-corrected chi connectivity index (χ2v) is 15.6. The zero-order valence-electron chi connectivity index (χ0n) is 21.6. The molecule has 184 valence electrons. The van der Waals surface area contributed by atoms with E-state index < -0.39 is 18.1 Å². The first-order valence-electron chi connectivity index (χ1n) is 11.0. The predicted molar refractivity (Wildman–Crippen MR) is 136 cm³/mol. The van der Waals surface area contributed by atoms with Crippen molar-refractivity contribution >= 4 is 30.7 Å². The molecule has 0 atom stereocenters. The van der Waals surface area contributed by atoms with Crippen molar-refractivity contribution in [2.24, 2.45) is 5.73 Å². The lowest BCUT2D eigenvalue weighted by Gasteiger charge is -2.43. The van der Waals surface area contributed by atoms with Crippen molar-refractivity contribution in [2.45, 2.75) is 110 Å². The summed E-state index contributed by atoms with van der Waals surface area (Å²) < 4.78 is 29.2. The Morgan fingerprint density at radius 3 is 1.40 bits per heavy atom. The normalized spacial score (nSPS) is 13.4. The van der Waals surface area contributed by atoms with Crippen LogP contribution in [0.5, 0.6) is 0 Å². The summed E-state index contributed by atoms with van der Waals surface area (Å²) in [5.41, 5.74) is 4.76. The fourth-order valence-electron chi connectivity index (χ4n) is 2.69. The van der Waals surface area contributed by atoms with Crippen molar-refractivity contribution in [3.8, 4) is 0 Å². The third-order valence-electron chi connectivity index (χ3n) is 3.45. The van der Waals surface area contributed by atoms with Gasteiger partial charge in [0.25, 0.3) is 0 Å². The molecule has 0 fully saturated rings. The largest absolute Gasteiger partial charge is 0.502 e. The Morgan fingerprint density at radius 2 is 1.13 bits per heavy atom. The summed E-state index contributed by atoms with van der Waals surface area (Å²) >= 11 is 4.12. The molecule has 0 aliphatic rings. The number of unbranched alkanes of at least 4 members (excludes halogenated alkanes) is 1. The highest BCUT2D eigenvalue weighted by Gasteiger charge is 2.49. The molecular weight excluding hydrogens is 434 g/mol. The molecule has 0 unspecified atom stereocenters. The van der Waals surface area contributed by atoms with Crippen LogP contribution in [0.25, 0.3) is 0 Å². The van der Waals surface area contributed by atoms with E-state index in [0.717, 1.165) is 24.3 Å². The van der Waals surface area contributed by atoms with Gasteiger partial charge in [-0.15, -0.1) is 0 Å². The first-order chi connectivity index (χ1) is 13.5. The highest BCUT2D eigenvalue weighted by Crippen LogP contribution is 2.32. The van der Waals surface area contributed by atoms with E-state index in [1.807, 2.05) is 62.3 Å². The number of hydrogen-bond acceptors (Lipinski definition) is 7. The Kier molecular flexibility index (Phi) is 16.8. The molecule has 0 aliphatic carbocycles. The van der Waals surface area contributed by atoms with E-state index in [1.54, 1.807) is 14.2 Å². The smallest absolute Gasteiger partial charge is 0.400 e. The average Bonchev–Trinajstić information content (AvgIpc) is 2.53. The molecule has 9 heteroatoms. The van der Waals surface area contributed by atoms with E-state index in [9.17, 15) is 0 Å². The minimum absolute atomic E-state index is 0.308. The Bertz CT molecular complexity index is 378. The van der Waals surface area contributed by atoms with Crippen LogP contribution < -0.4 is 5.73 Å². The fourth-order valence-corrected chi connectivity index (χ4v) is 8.07. The van der Waals surface area contributed by atoms with Crippen LogP contribution in [-0.4, -0.2) is 61.4 Å². The molecular formula is C21H51NO5SSi2. The first kappa shape index (κ1) is 32.7. The van der Waals surface area contributed by atoms with Crippen molar-refractivity contribution in [2.75, 3.05) is 26.5 Å². The van der Waals surface area contributed by atoms with Gasteiger partial charge in [0.1, 0.15) is 0 Å². The number of hydrogen-bond donors (Lipinski definition) is 2. The van der Waals surface area contributed by atoms with Gasteiger partial charge in [-0.25, -0.2) is 0 Å². The highest BCUT2D eigenvalue weighted by molar-refractivity contribution is 7.80. The van der Waals surface area contributed by atoms with Gasteiger partial charge in [-0.05, 0) is 93.5 Å². The Hall–Kier alpha value is 0.544. The summed E-state index contributed by atoms with van der Waals surface area (Å²) in [6, 6.07) is 1.85. The fraction of sp³-hybridized carbons (Fsp3) is 1.00. The lowest BCUT2D eigenvalue weighted by atomic mass is 10.2. The molecule has 0 aromatic rings. The molecule has 0 saturated carbocycles. The van der Waals surface area contributed by atoms with E-state index in [-0.39, 0.29) is 16.8 Å². The van der Waals surface area contributed by atoms with Crippen LogP contribution in [-0.2, 0) is 22.1 Å². The molecule has 0 rings (SSSR count). The molecule has 0 saturated heterocycles. The quantitative estimate of drug-likeness (QED) is 0.232. The van der Waals surface area contributed by atoms with E-state index >= 15 is 0 Å². The van der Waals surface area contributed by atoms with Crippen LogP contribution >= 0.6 is 12.6 Å². The van der Waals surface area contributed by atoms with Crippen LogP contribution in [0.3, 0.4) is 0 Å².